The molecule has 39 heavy (non-hydrogen) atoms. The van der Waals surface area contributed by atoms with Crippen LogP contribution in [0.5, 0.6) is 5.75 Å². The van der Waals surface area contributed by atoms with Crippen LogP contribution in [0.3, 0.4) is 0 Å². The summed E-state index contributed by atoms with van der Waals surface area (Å²) in [4.78, 5) is 13.1. The number of fused-ring (bicyclic) bond motifs is 2. The molecular formula is C28H32F4O6S. The molecule has 0 spiro atoms. The molecule has 0 saturated carbocycles. The first-order chi connectivity index (χ1) is 17.6. The van der Waals surface area contributed by atoms with E-state index in [0.29, 0.717) is 30.2 Å². The van der Waals surface area contributed by atoms with Crippen molar-refractivity contribution in [1.29, 1.82) is 0 Å². The highest BCUT2D eigenvalue weighted by molar-refractivity contribution is 7.87. The second kappa shape index (κ2) is 9.62. The first kappa shape index (κ1) is 30.6. The topological polar surface area (TPSA) is 101 Å². The van der Waals surface area contributed by atoms with Gasteiger partial charge in [0, 0.05) is 10.8 Å². The van der Waals surface area contributed by atoms with Crippen molar-refractivity contribution in [2.75, 3.05) is 7.11 Å². The van der Waals surface area contributed by atoms with Crippen LogP contribution in [0.2, 0.25) is 0 Å². The van der Waals surface area contributed by atoms with Gasteiger partial charge in [0.1, 0.15) is 5.75 Å². The van der Waals surface area contributed by atoms with E-state index >= 15 is 8.78 Å². The number of esters is 1. The van der Waals surface area contributed by atoms with Crippen LogP contribution < -0.4 is 0 Å². The minimum Gasteiger partial charge on any atom is -0.507 e. The maximum absolute atomic E-state index is 15.1. The molecule has 0 heterocycles. The fourth-order valence-corrected chi connectivity index (χ4v) is 6.56. The summed E-state index contributed by atoms with van der Waals surface area (Å²) in [5, 5.41) is 7.48. The molecule has 2 N–H and O–H groups in total. The standard InChI is InChI=1S/C28H32F4O6S/c1-24(2,22-18-11-8-7-10-17(18)14-20-19(22)12-9-13-21(20)33)15-26(5,23(34)38-6)16-25(3,4)27(29,30)28(31,32)39(35,36)37/h7-14,33H,15-16H2,1-6H3,(H,35,36,37). The number of carbonyl (C=O) groups is 1. The smallest absolute Gasteiger partial charge is 0.431 e. The number of hydrogen-bond acceptors (Lipinski definition) is 5. The number of ether oxygens (including phenoxy) is 1. The number of phenolic OH excluding ortho intramolecular Hbond substituents is 1. The lowest BCUT2D eigenvalue weighted by Crippen LogP contribution is -2.57. The molecule has 0 aliphatic carbocycles. The second-order valence-corrected chi connectivity index (χ2v) is 13.0. The van der Waals surface area contributed by atoms with Crippen LogP contribution in [0.25, 0.3) is 21.5 Å². The highest BCUT2D eigenvalue weighted by atomic mass is 32.2. The third-order valence-electron chi connectivity index (χ3n) is 7.44. The first-order valence-corrected chi connectivity index (χ1v) is 13.5. The number of phenols is 1. The number of hydrogen-bond donors (Lipinski definition) is 2. The van der Waals surface area contributed by atoms with Crippen molar-refractivity contribution in [2.24, 2.45) is 10.8 Å². The number of methoxy groups -OCH3 is 1. The lowest BCUT2D eigenvalue weighted by molar-refractivity contribution is -0.231. The minimum absolute atomic E-state index is 0.0132. The fourth-order valence-electron chi connectivity index (χ4n) is 5.96. The average Bonchev–Trinajstić information content (AvgIpc) is 2.80. The lowest BCUT2D eigenvalue weighted by atomic mass is 9.62. The van der Waals surface area contributed by atoms with E-state index in [-0.39, 0.29) is 12.2 Å². The summed E-state index contributed by atoms with van der Waals surface area (Å²) >= 11 is 0. The van der Waals surface area contributed by atoms with Crippen LogP contribution in [0.4, 0.5) is 17.6 Å². The van der Waals surface area contributed by atoms with E-state index in [1.54, 1.807) is 38.1 Å². The normalized spacial score (nSPS) is 15.4. The van der Waals surface area contributed by atoms with E-state index in [0.717, 1.165) is 17.9 Å². The number of carbonyl (C=O) groups excluding carboxylic acids is 1. The molecule has 0 aliphatic heterocycles. The molecule has 0 radical (unpaired) electrons. The summed E-state index contributed by atoms with van der Waals surface area (Å²) in [6.45, 7) is 6.25. The molecule has 11 heteroatoms. The molecule has 0 fully saturated rings. The van der Waals surface area contributed by atoms with Gasteiger partial charge in [0.15, 0.2) is 0 Å². The van der Waals surface area contributed by atoms with Gasteiger partial charge in [-0.05, 0) is 59.0 Å². The van der Waals surface area contributed by atoms with Crippen LogP contribution in [0.15, 0.2) is 48.5 Å². The maximum Gasteiger partial charge on any atom is 0.431 e. The molecule has 6 nitrogen and oxygen atoms in total. The zero-order chi connectivity index (χ0) is 29.8. The number of alkyl halides is 4. The van der Waals surface area contributed by atoms with Crippen LogP contribution in [0, 0.1) is 10.8 Å². The highest BCUT2D eigenvalue weighted by Crippen LogP contribution is 2.56. The van der Waals surface area contributed by atoms with Crippen LogP contribution >= 0.6 is 0 Å². The average molecular weight is 573 g/mol. The summed E-state index contributed by atoms with van der Waals surface area (Å²) in [5.41, 5.74) is -4.92. The van der Waals surface area contributed by atoms with Crippen LogP contribution in [0.1, 0.15) is 53.0 Å². The number of aromatic hydroxyl groups is 1. The number of benzene rings is 3. The molecule has 0 aliphatic rings. The Kier molecular flexibility index (Phi) is 7.55. The fraction of sp³-hybridized carbons (Fsp3) is 0.464. The molecule has 0 amide bonds. The maximum atomic E-state index is 15.1. The molecule has 3 aromatic carbocycles. The molecule has 0 bridgehead atoms. The first-order valence-electron chi connectivity index (χ1n) is 12.1. The van der Waals surface area contributed by atoms with Crippen molar-refractivity contribution < 1.29 is 45.2 Å². The predicted molar refractivity (Wildman–Crippen MR) is 141 cm³/mol. The quantitative estimate of drug-likeness (QED) is 0.123. The van der Waals surface area contributed by atoms with Crippen molar-refractivity contribution in [3.63, 3.8) is 0 Å². The summed E-state index contributed by atoms with van der Waals surface area (Å²) in [6.07, 6.45) is -1.09. The summed E-state index contributed by atoms with van der Waals surface area (Å²) in [6, 6.07) is 14.0. The van der Waals surface area contributed by atoms with Gasteiger partial charge in [0.2, 0.25) is 0 Å². The molecule has 1 unspecified atom stereocenters. The van der Waals surface area contributed by atoms with Gasteiger partial charge < -0.3 is 9.84 Å². The van der Waals surface area contributed by atoms with Crippen LogP contribution in [-0.4, -0.2) is 42.3 Å². The van der Waals surface area contributed by atoms with Gasteiger partial charge in [0.25, 0.3) is 0 Å². The zero-order valence-corrected chi connectivity index (χ0v) is 23.3. The zero-order valence-electron chi connectivity index (χ0n) is 22.5. The molecule has 214 valence electrons. The van der Waals surface area contributed by atoms with Crippen LogP contribution in [-0.2, 0) is 25.1 Å². The van der Waals surface area contributed by atoms with Gasteiger partial charge in [0.05, 0.1) is 12.5 Å². The molecule has 0 aromatic heterocycles. The number of halogens is 4. The SMILES string of the molecule is COC(=O)C(C)(CC(C)(C)c1c2ccccc2cc2c(O)cccc12)CC(C)(C)C(F)(F)C(F)(F)S(=O)(=O)O. The molecule has 1 atom stereocenters. The largest absolute Gasteiger partial charge is 0.507 e. The number of rotatable bonds is 9. The van der Waals surface area contributed by atoms with E-state index < -0.39 is 49.9 Å². The van der Waals surface area contributed by atoms with E-state index in [2.05, 4.69) is 0 Å². The van der Waals surface area contributed by atoms with E-state index in [4.69, 9.17) is 9.29 Å². The Morgan fingerprint density at radius 2 is 1.44 bits per heavy atom. The van der Waals surface area contributed by atoms with E-state index in [1.165, 1.54) is 13.0 Å². The summed E-state index contributed by atoms with van der Waals surface area (Å²) in [7, 11) is -5.44. The highest BCUT2D eigenvalue weighted by Gasteiger charge is 2.72. The predicted octanol–water partition coefficient (Wildman–Crippen LogP) is 7.08. The third kappa shape index (κ3) is 5.06. The summed E-state index contributed by atoms with van der Waals surface area (Å²) in [5.74, 6) is -6.20. The van der Waals surface area contributed by atoms with E-state index in [9.17, 15) is 27.1 Å². The molecule has 0 saturated heterocycles. The molecular weight excluding hydrogens is 540 g/mol. The Balaban J connectivity index is 2.21. The second-order valence-electron chi connectivity index (χ2n) is 11.6. The minimum atomic E-state index is -6.48. The van der Waals surface area contributed by atoms with Gasteiger partial charge in [-0.1, -0.05) is 64.1 Å². The van der Waals surface area contributed by atoms with Gasteiger partial charge in [-0.2, -0.15) is 26.0 Å². The van der Waals surface area contributed by atoms with Crippen molar-refractivity contribution in [2.45, 2.75) is 64.1 Å². The van der Waals surface area contributed by atoms with Crippen molar-refractivity contribution >= 4 is 37.6 Å². The Bertz CT molecular complexity index is 1530. The Morgan fingerprint density at radius 3 is 2.00 bits per heavy atom. The monoisotopic (exact) mass is 572 g/mol. The molecule has 3 aromatic rings. The van der Waals surface area contributed by atoms with Gasteiger partial charge in [-0.15, -0.1) is 0 Å². The van der Waals surface area contributed by atoms with E-state index in [1.807, 2.05) is 18.2 Å². The van der Waals surface area contributed by atoms with Crippen molar-refractivity contribution in [1.82, 2.24) is 0 Å². The van der Waals surface area contributed by atoms with Crippen molar-refractivity contribution in [3.05, 3.63) is 54.1 Å². The Morgan fingerprint density at radius 1 is 0.872 bits per heavy atom. The van der Waals surface area contributed by atoms with Crippen molar-refractivity contribution in [3.8, 4) is 5.75 Å². The lowest BCUT2D eigenvalue weighted by Gasteiger charge is -2.44. The van der Waals surface area contributed by atoms with Gasteiger partial charge in [-0.3, -0.25) is 9.35 Å². The molecule has 3 rings (SSSR count). The Hall–Kier alpha value is -2.92. The third-order valence-corrected chi connectivity index (χ3v) is 8.35. The van der Waals surface area contributed by atoms with Gasteiger partial charge >= 0.3 is 27.3 Å². The Labute approximate surface area is 224 Å². The van der Waals surface area contributed by atoms with Gasteiger partial charge in [-0.25, -0.2) is 0 Å². The summed E-state index contributed by atoms with van der Waals surface area (Å²) < 4.78 is 95.1.